The molecule has 1 aromatic carbocycles. The number of anilines is 1. The number of amides is 3. The highest BCUT2D eigenvalue weighted by atomic mass is 16.5. The van der Waals surface area contributed by atoms with Gasteiger partial charge in [0.05, 0.1) is 31.2 Å². The maximum absolute atomic E-state index is 12.9. The lowest BCUT2D eigenvalue weighted by atomic mass is 10.1. The average Bonchev–Trinajstić information content (AvgIpc) is 2.95. The van der Waals surface area contributed by atoms with Crippen molar-refractivity contribution in [3.63, 3.8) is 0 Å². The van der Waals surface area contributed by atoms with Gasteiger partial charge in [0.2, 0.25) is 11.8 Å². The molecule has 0 spiro atoms. The third-order valence-corrected chi connectivity index (χ3v) is 5.99. The lowest BCUT2D eigenvalue weighted by molar-refractivity contribution is -0.147. The molecule has 0 fully saturated rings. The van der Waals surface area contributed by atoms with Gasteiger partial charge in [-0.1, -0.05) is 6.58 Å². The van der Waals surface area contributed by atoms with E-state index in [1.807, 2.05) is 11.9 Å². The van der Waals surface area contributed by atoms with E-state index in [2.05, 4.69) is 33.2 Å². The van der Waals surface area contributed by atoms with Gasteiger partial charge in [-0.25, -0.2) is 4.79 Å². The fraction of sp³-hybridized carbons (Fsp3) is 0.367. The lowest BCUT2D eigenvalue weighted by Gasteiger charge is -2.28. The maximum atomic E-state index is 12.9. The summed E-state index contributed by atoms with van der Waals surface area (Å²) in [6.45, 7) is 10.6. The summed E-state index contributed by atoms with van der Waals surface area (Å²) in [5, 5.41) is 14.1. The van der Waals surface area contributed by atoms with Crippen LogP contribution in [0.5, 0.6) is 0 Å². The molecular weight excluding hydrogens is 570 g/mol. The fourth-order valence-corrected chi connectivity index (χ4v) is 4.04. The molecule has 44 heavy (non-hydrogen) atoms. The highest BCUT2D eigenvalue weighted by Gasteiger charge is 2.24. The van der Waals surface area contributed by atoms with Crippen molar-refractivity contribution in [1.82, 2.24) is 26.6 Å². The Balaban J connectivity index is 2.14. The van der Waals surface area contributed by atoms with Gasteiger partial charge in [-0.3, -0.25) is 19.2 Å². The number of hydrogen-bond acceptors (Lipinski definition) is 11. The van der Waals surface area contributed by atoms with Gasteiger partial charge >= 0.3 is 11.9 Å². The van der Waals surface area contributed by atoms with Crippen LogP contribution < -0.4 is 37.2 Å². The number of nitrogens with zero attached hydrogens (tertiary/aromatic N) is 1. The van der Waals surface area contributed by atoms with Crippen LogP contribution in [0.1, 0.15) is 50.9 Å². The molecule has 238 valence electrons. The average molecular weight is 612 g/mol. The van der Waals surface area contributed by atoms with Gasteiger partial charge in [-0.2, -0.15) is 0 Å². The van der Waals surface area contributed by atoms with Crippen molar-refractivity contribution in [3.8, 4) is 0 Å². The molecule has 1 atom stereocenters. The zero-order valence-corrected chi connectivity index (χ0v) is 25.7. The van der Waals surface area contributed by atoms with Gasteiger partial charge in [0, 0.05) is 50.5 Å². The molecule has 2 rings (SSSR count). The Morgan fingerprint density at radius 1 is 1.02 bits per heavy atom. The molecule has 14 heteroatoms. The monoisotopic (exact) mass is 611 g/mol. The normalized spacial score (nSPS) is 14.9. The number of rotatable bonds is 14. The lowest BCUT2D eigenvalue weighted by Crippen LogP contribution is -2.42. The summed E-state index contributed by atoms with van der Waals surface area (Å²) in [6.07, 6.45) is 3.28. The van der Waals surface area contributed by atoms with Crippen molar-refractivity contribution in [1.29, 1.82) is 0 Å². The van der Waals surface area contributed by atoms with E-state index >= 15 is 0 Å². The number of ether oxygens (including phenoxy) is 2. The Labute approximate surface area is 256 Å². The molecule has 1 aliphatic rings. The standard InChI is InChI=1S/C30H41N7O7/c1-7-43-26(40)14-13-24(30(42)44-8-2)36-29(41)21-9-11-23(12-10-21)37(6)17-22-16-32-25(15-18(3)33-19(4)38)27(35-22)28(31)34-20(5)39/h9-12,15-16,24,32,35H,3,7-8,13-14,17,31H2,1-2,4-6H3,(H,33,38)(H,34,39)(H,36,41)/b25-15+,28-27-. The Kier molecular flexibility index (Phi) is 13.5. The van der Waals surface area contributed by atoms with Crippen molar-refractivity contribution in [2.75, 3.05) is 31.7 Å². The molecule has 0 saturated carbocycles. The summed E-state index contributed by atoms with van der Waals surface area (Å²) in [6, 6.07) is 5.71. The van der Waals surface area contributed by atoms with Gasteiger partial charge in [0.25, 0.3) is 5.91 Å². The van der Waals surface area contributed by atoms with Crippen LogP contribution in [-0.4, -0.2) is 62.5 Å². The molecule has 1 unspecified atom stereocenters. The topological polar surface area (TPSA) is 193 Å². The van der Waals surface area contributed by atoms with Crippen molar-refractivity contribution >= 4 is 35.3 Å². The number of likely N-dealkylation sites (N-methyl/N-ethyl adjacent to an activating group) is 1. The predicted molar refractivity (Wildman–Crippen MR) is 164 cm³/mol. The molecular formula is C30H41N7O7. The molecule has 0 aliphatic carbocycles. The molecule has 0 radical (unpaired) electrons. The van der Waals surface area contributed by atoms with Crippen LogP contribution in [0.25, 0.3) is 0 Å². The van der Waals surface area contributed by atoms with E-state index in [9.17, 15) is 24.0 Å². The first-order valence-electron chi connectivity index (χ1n) is 14.0. The zero-order valence-electron chi connectivity index (χ0n) is 25.7. The summed E-state index contributed by atoms with van der Waals surface area (Å²) in [5.74, 6) is -2.17. The first-order chi connectivity index (χ1) is 20.8. The molecule has 7 N–H and O–H groups in total. The second-order valence-corrected chi connectivity index (χ2v) is 9.70. The quantitative estimate of drug-likeness (QED) is 0.164. The first kappa shape index (κ1) is 34.9. The van der Waals surface area contributed by atoms with Crippen LogP contribution in [0.2, 0.25) is 0 Å². The first-order valence-corrected chi connectivity index (χ1v) is 14.0. The van der Waals surface area contributed by atoms with Gasteiger partial charge in [0.1, 0.15) is 17.6 Å². The Morgan fingerprint density at radius 3 is 2.25 bits per heavy atom. The molecule has 0 aromatic heterocycles. The predicted octanol–water partition coefficient (Wildman–Crippen LogP) is 0.959. The van der Waals surface area contributed by atoms with Crippen LogP contribution >= 0.6 is 0 Å². The number of hydrogen-bond donors (Lipinski definition) is 6. The second-order valence-electron chi connectivity index (χ2n) is 9.70. The summed E-state index contributed by atoms with van der Waals surface area (Å²) in [5.41, 5.74) is 9.09. The summed E-state index contributed by atoms with van der Waals surface area (Å²) < 4.78 is 9.96. The molecule has 1 aromatic rings. The fourth-order valence-electron chi connectivity index (χ4n) is 4.04. The van der Waals surface area contributed by atoms with Gasteiger partial charge in [-0.15, -0.1) is 0 Å². The highest BCUT2D eigenvalue weighted by molar-refractivity contribution is 5.97. The number of benzene rings is 1. The molecule has 3 amide bonds. The van der Waals surface area contributed by atoms with E-state index < -0.39 is 23.9 Å². The van der Waals surface area contributed by atoms with E-state index in [0.717, 1.165) is 5.69 Å². The summed E-state index contributed by atoms with van der Waals surface area (Å²) in [7, 11) is 1.84. The van der Waals surface area contributed by atoms with E-state index in [1.165, 1.54) is 13.8 Å². The number of carbonyl (C=O) groups is 5. The van der Waals surface area contributed by atoms with Gasteiger partial charge in [-0.05, 0) is 50.6 Å². The number of nitrogens with one attached hydrogen (secondary N) is 5. The van der Waals surface area contributed by atoms with Crippen LogP contribution in [0.4, 0.5) is 5.69 Å². The largest absolute Gasteiger partial charge is 0.466 e. The van der Waals surface area contributed by atoms with Crippen molar-refractivity contribution in [2.45, 2.75) is 46.6 Å². The van der Waals surface area contributed by atoms with E-state index in [4.69, 9.17) is 15.2 Å². The molecule has 1 aliphatic heterocycles. The third-order valence-electron chi connectivity index (χ3n) is 5.99. The Bertz CT molecular complexity index is 1350. The van der Waals surface area contributed by atoms with Gasteiger partial charge < -0.3 is 46.7 Å². The van der Waals surface area contributed by atoms with Crippen LogP contribution in [-0.2, 0) is 28.7 Å². The minimum absolute atomic E-state index is 0.0432. The Morgan fingerprint density at radius 2 is 1.66 bits per heavy atom. The molecule has 0 saturated heterocycles. The third kappa shape index (κ3) is 11.2. The van der Waals surface area contributed by atoms with Crippen molar-refractivity contribution in [2.24, 2.45) is 5.73 Å². The Hall–Kier alpha value is -5.27. The molecule has 0 bridgehead atoms. The molecule has 14 nitrogen and oxygen atoms in total. The highest BCUT2D eigenvalue weighted by Crippen LogP contribution is 2.19. The van der Waals surface area contributed by atoms with E-state index in [0.29, 0.717) is 34.9 Å². The summed E-state index contributed by atoms with van der Waals surface area (Å²) >= 11 is 0. The van der Waals surface area contributed by atoms with Crippen molar-refractivity contribution in [3.05, 3.63) is 77.3 Å². The molecule has 1 heterocycles. The van der Waals surface area contributed by atoms with Gasteiger partial charge in [0.15, 0.2) is 0 Å². The summed E-state index contributed by atoms with van der Waals surface area (Å²) in [4.78, 5) is 62.0. The number of allylic oxidation sites excluding steroid dienone is 1. The minimum Gasteiger partial charge on any atom is -0.466 e. The van der Waals surface area contributed by atoms with E-state index in [1.54, 1.807) is 50.4 Å². The van der Waals surface area contributed by atoms with Crippen LogP contribution in [0, 0.1) is 0 Å². The minimum atomic E-state index is -1.01. The second kappa shape index (κ2) is 17.0. The number of nitrogens with two attached hydrogens (primary N) is 1. The SMILES string of the molecule is C=C(/C=C1/NC=C(CN(C)c2ccc(C(=O)NC(CCC(=O)OCC)C(=O)OCC)cc2)N/C1=C(/N)NC(C)=O)NC(C)=O. The van der Waals surface area contributed by atoms with Crippen molar-refractivity contribution < 1.29 is 33.4 Å². The number of esters is 2. The smallest absolute Gasteiger partial charge is 0.328 e. The van der Waals surface area contributed by atoms with E-state index in [-0.39, 0.29) is 43.7 Å². The maximum Gasteiger partial charge on any atom is 0.328 e. The zero-order chi connectivity index (χ0) is 32.8. The number of carbonyl (C=O) groups excluding carboxylic acids is 5. The van der Waals surface area contributed by atoms with Crippen LogP contribution in [0.3, 0.4) is 0 Å². The van der Waals surface area contributed by atoms with Crippen LogP contribution in [0.15, 0.2) is 71.7 Å².